The minimum atomic E-state index is -0.454. The first kappa shape index (κ1) is 13.7. The van der Waals surface area contributed by atoms with E-state index in [1.54, 1.807) is 18.3 Å². The molecule has 2 aromatic rings. The summed E-state index contributed by atoms with van der Waals surface area (Å²) in [6.45, 7) is 1.02. The monoisotopic (exact) mass is 286 g/mol. The van der Waals surface area contributed by atoms with Gasteiger partial charge in [-0.2, -0.15) is 10.4 Å². The Morgan fingerprint density at radius 1 is 1.48 bits per heavy atom. The molecule has 0 aliphatic carbocycles. The van der Waals surface area contributed by atoms with Gasteiger partial charge in [-0.3, -0.25) is 5.10 Å². The van der Waals surface area contributed by atoms with Crippen molar-refractivity contribution in [3.05, 3.63) is 53.1 Å². The number of nitrogens with zero attached hydrogens (tertiary/aromatic N) is 2. The molecule has 1 fully saturated rings. The smallest absolute Gasteiger partial charge is 0.145 e. The lowest BCUT2D eigenvalue weighted by molar-refractivity contribution is 0.0950. The number of aromatic amines is 1. The lowest BCUT2D eigenvalue weighted by atomic mass is 10.1. The van der Waals surface area contributed by atoms with Crippen molar-refractivity contribution in [3.63, 3.8) is 0 Å². The Morgan fingerprint density at radius 3 is 3.14 bits per heavy atom. The van der Waals surface area contributed by atoms with Gasteiger partial charge in [0.1, 0.15) is 18.0 Å². The molecule has 0 spiro atoms. The zero-order valence-corrected chi connectivity index (χ0v) is 11.3. The van der Waals surface area contributed by atoms with Gasteiger partial charge in [0.15, 0.2) is 0 Å². The van der Waals surface area contributed by atoms with E-state index in [4.69, 9.17) is 10.00 Å². The van der Waals surface area contributed by atoms with Crippen LogP contribution in [0, 0.1) is 17.1 Å². The molecule has 0 amide bonds. The van der Waals surface area contributed by atoms with Crippen LogP contribution in [0.5, 0.6) is 0 Å². The first-order valence-corrected chi connectivity index (χ1v) is 6.81. The molecular weight excluding hydrogens is 271 g/mol. The van der Waals surface area contributed by atoms with E-state index >= 15 is 0 Å². The summed E-state index contributed by atoms with van der Waals surface area (Å²) < 4.78 is 19.7. The molecule has 0 bridgehead atoms. The summed E-state index contributed by atoms with van der Waals surface area (Å²) in [6, 6.07) is 8.68. The van der Waals surface area contributed by atoms with Crippen LogP contribution in [-0.2, 0) is 11.3 Å². The van der Waals surface area contributed by atoms with Gasteiger partial charge in [-0.05, 0) is 18.6 Å². The summed E-state index contributed by atoms with van der Waals surface area (Å²) in [5.41, 5.74) is 1.47. The number of aromatic nitrogens is 2. The maximum Gasteiger partial charge on any atom is 0.145 e. The Kier molecular flexibility index (Phi) is 3.95. The van der Waals surface area contributed by atoms with Crippen LogP contribution in [0.25, 0.3) is 0 Å². The van der Waals surface area contributed by atoms with E-state index < -0.39 is 5.82 Å². The van der Waals surface area contributed by atoms with Gasteiger partial charge in [-0.25, -0.2) is 4.39 Å². The minimum Gasteiger partial charge on any atom is -0.370 e. The van der Waals surface area contributed by atoms with Gasteiger partial charge in [0.05, 0.1) is 11.3 Å². The molecule has 0 saturated carbocycles. The van der Waals surface area contributed by atoms with Gasteiger partial charge < -0.3 is 10.1 Å². The molecule has 1 saturated heterocycles. The molecule has 1 aliphatic rings. The number of halogens is 1. The number of nitriles is 1. The summed E-state index contributed by atoms with van der Waals surface area (Å²) in [4.78, 5) is 0. The predicted molar refractivity (Wildman–Crippen MR) is 73.6 cm³/mol. The molecule has 0 unspecified atom stereocenters. The normalized spacial score (nSPS) is 21.3. The van der Waals surface area contributed by atoms with E-state index in [2.05, 4.69) is 15.5 Å². The second-order valence-corrected chi connectivity index (χ2v) is 4.97. The van der Waals surface area contributed by atoms with Crippen molar-refractivity contribution < 1.29 is 9.13 Å². The van der Waals surface area contributed by atoms with Crippen LogP contribution < -0.4 is 5.32 Å². The van der Waals surface area contributed by atoms with Crippen molar-refractivity contribution in [2.45, 2.75) is 25.1 Å². The summed E-state index contributed by atoms with van der Waals surface area (Å²) in [5.74, 6) is -0.454. The number of rotatable bonds is 4. The lowest BCUT2D eigenvalue weighted by Gasteiger charge is -2.19. The highest BCUT2D eigenvalue weighted by Crippen LogP contribution is 2.28. The van der Waals surface area contributed by atoms with Crippen molar-refractivity contribution in [2.75, 3.05) is 6.61 Å². The summed E-state index contributed by atoms with van der Waals surface area (Å²) in [7, 11) is 0. The van der Waals surface area contributed by atoms with E-state index in [0.29, 0.717) is 18.7 Å². The standard InChI is InChI=1S/C15H15FN4O/c16-14-10(8-17)2-1-3-11(14)9-18-12-5-7-21-15(12)13-4-6-19-20-13/h1-4,6,12,15,18H,5,7,9H2,(H,19,20)/t12-,15-/m0/s1. The zero-order chi connectivity index (χ0) is 14.7. The average molecular weight is 286 g/mol. The summed E-state index contributed by atoms with van der Waals surface area (Å²) >= 11 is 0. The van der Waals surface area contributed by atoms with Crippen molar-refractivity contribution in [3.8, 4) is 6.07 Å². The van der Waals surface area contributed by atoms with Crippen LogP contribution in [0.4, 0.5) is 4.39 Å². The zero-order valence-electron chi connectivity index (χ0n) is 11.3. The largest absolute Gasteiger partial charge is 0.370 e. The van der Waals surface area contributed by atoms with Crippen molar-refractivity contribution in [1.29, 1.82) is 5.26 Å². The molecule has 1 aromatic heterocycles. The van der Waals surface area contributed by atoms with Crippen LogP contribution in [0.1, 0.15) is 29.3 Å². The number of hydrogen-bond acceptors (Lipinski definition) is 4. The number of benzene rings is 1. The molecule has 21 heavy (non-hydrogen) atoms. The summed E-state index contributed by atoms with van der Waals surface area (Å²) in [6.07, 6.45) is 2.43. The number of hydrogen-bond donors (Lipinski definition) is 2. The van der Waals surface area contributed by atoms with Gasteiger partial charge in [-0.1, -0.05) is 12.1 Å². The fourth-order valence-electron chi connectivity index (χ4n) is 2.57. The van der Waals surface area contributed by atoms with Crippen molar-refractivity contribution >= 4 is 0 Å². The van der Waals surface area contributed by atoms with Crippen LogP contribution in [-0.4, -0.2) is 22.8 Å². The minimum absolute atomic E-state index is 0.0714. The molecule has 108 valence electrons. The molecule has 2 atom stereocenters. The van der Waals surface area contributed by atoms with Gasteiger partial charge >= 0.3 is 0 Å². The fourth-order valence-corrected chi connectivity index (χ4v) is 2.57. The van der Waals surface area contributed by atoms with Crippen molar-refractivity contribution in [1.82, 2.24) is 15.5 Å². The Bertz CT molecular complexity index is 650. The highest BCUT2D eigenvalue weighted by molar-refractivity contribution is 5.34. The average Bonchev–Trinajstić information content (AvgIpc) is 3.17. The third kappa shape index (κ3) is 2.79. The lowest BCUT2D eigenvalue weighted by Crippen LogP contribution is -2.31. The Morgan fingerprint density at radius 2 is 2.38 bits per heavy atom. The van der Waals surface area contributed by atoms with E-state index in [1.807, 2.05) is 12.1 Å². The quantitative estimate of drug-likeness (QED) is 0.902. The second kappa shape index (κ2) is 6.04. The summed E-state index contributed by atoms with van der Waals surface area (Å²) in [5, 5.41) is 19.0. The van der Waals surface area contributed by atoms with E-state index in [0.717, 1.165) is 12.1 Å². The van der Waals surface area contributed by atoms with Crippen LogP contribution in [0.2, 0.25) is 0 Å². The van der Waals surface area contributed by atoms with Gasteiger partial charge in [0.2, 0.25) is 0 Å². The van der Waals surface area contributed by atoms with Gasteiger partial charge in [0, 0.05) is 31.0 Å². The fraction of sp³-hybridized carbons (Fsp3) is 0.333. The SMILES string of the molecule is N#Cc1cccc(CN[C@H]2CCO[C@@H]2c2ccn[nH]2)c1F. The van der Waals surface area contributed by atoms with E-state index in [1.165, 1.54) is 6.07 Å². The highest BCUT2D eigenvalue weighted by Gasteiger charge is 2.30. The topological polar surface area (TPSA) is 73.7 Å². The van der Waals surface area contributed by atoms with Gasteiger partial charge in [-0.15, -0.1) is 0 Å². The molecule has 1 aromatic carbocycles. The number of nitrogens with one attached hydrogen (secondary N) is 2. The van der Waals surface area contributed by atoms with Crippen LogP contribution in [0.15, 0.2) is 30.5 Å². The first-order chi connectivity index (χ1) is 10.3. The second-order valence-electron chi connectivity index (χ2n) is 4.97. The molecule has 6 heteroatoms. The first-order valence-electron chi connectivity index (χ1n) is 6.81. The van der Waals surface area contributed by atoms with Crippen LogP contribution in [0.3, 0.4) is 0 Å². The van der Waals surface area contributed by atoms with Gasteiger partial charge in [0.25, 0.3) is 0 Å². The number of ether oxygens (including phenoxy) is 1. The third-order valence-corrected chi connectivity index (χ3v) is 3.67. The number of H-pyrrole nitrogens is 1. The molecule has 0 radical (unpaired) electrons. The molecular formula is C15H15FN4O. The Hall–Kier alpha value is -2.23. The molecule has 5 nitrogen and oxygen atoms in total. The molecule has 3 rings (SSSR count). The maximum atomic E-state index is 14.0. The van der Waals surface area contributed by atoms with E-state index in [9.17, 15) is 4.39 Å². The van der Waals surface area contributed by atoms with E-state index in [-0.39, 0.29) is 17.7 Å². The maximum absolute atomic E-state index is 14.0. The molecule has 2 heterocycles. The third-order valence-electron chi connectivity index (χ3n) is 3.67. The highest BCUT2D eigenvalue weighted by atomic mass is 19.1. The van der Waals surface area contributed by atoms with Crippen molar-refractivity contribution in [2.24, 2.45) is 0 Å². The Balaban J connectivity index is 1.69. The molecule has 1 aliphatic heterocycles. The molecule has 2 N–H and O–H groups in total. The van der Waals surface area contributed by atoms with Crippen LogP contribution >= 0.6 is 0 Å². The Labute approximate surface area is 121 Å². The predicted octanol–water partition coefficient (Wildman–Crippen LogP) is 2.04.